The molecule has 1 aromatic heterocycles. The van der Waals surface area contributed by atoms with Crippen molar-refractivity contribution in [3.63, 3.8) is 0 Å². The van der Waals surface area contributed by atoms with Gasteiger partial charge in [0.05, 0.1) is 0 Å². The number of hydrogen-bond donors (Lipinski definition) is 2. The largest absolute Gasteiger partial charge is 0.313 e. The average molecular weight is 241 g/mol. The maximum Gasteiger partial charge on any atom is 0.242 e. The van der Waals surface area contributed by atoms with Crippen LogP contribution in [0.15, 0.2) is 29.4 Å². The number of nitrogens with zero attached hydrogens (tertiary/aromatic N) is 1. The summed E-state index contributed by atoms with van der Waals surface area (Å²) in [4.78, 5) is 3.99. The van der Waals surface area contributed by atoms with Gasteiger partial charge in [0.25, 0.3) is 0 Å². The van der Waals surface area contributed by atoms with Gasteiger partial charge in [0, 0.05) is 31.5 Å². The van der Waals surface area contributed by atoms with Crippen molar-refractivity contribution >= 4 is 10.0 Å². The zero-order chi connectivity index (χ0) is 11.4. The molecular weight excluding hydrogens is 226 g/mol. The summed E-state index contributed by atoms with van der Waals surface area (Å²) in [5, 5.41) is 3.24. The summed E-state index contributed by atoms with van der Waals surface area (Å²) in [6.45, 7) is 1.08. The standard InChI is InChI=1S/C10H15N3O2S/c14-16(15,10-2-1-5-11-8-10)13-7-6-12-9-3-4-9/h1-2,5,8-9,12-13H,3-4,6-7H2. The first-order valence-corrected chi connectivity index (χ1v) is 6.80. The fraction of sp³-hybridized carbons (Fsp3) is 0.500. The molecule has 2 N–H and O–H groups in total. The molecule has 1 heterocycles. The SMILES string of the molecule is O=S(=O)(NCCNC1CC1)c1cccnc1. The van der Waals surface area contributed by atoms with Gasteiger partial charge < -0.3 is 5.32 Å². The topological polar surface area (TPSA) is 71.1 Å². The minimum Gasteiger partial charge on any atom is -0.313 e. The Morgan fingerprint density at radius 2 is 2.19 bits per heavy atom. The van der Waals surface area contributed by atoms with E-state index in [1.165, 1.54) is 25.1 Å². The molecule has 1 saturated carbocycles. The summed E-state index contributed by atoms with van der Waals surface area (Å²) in [6.07, 6.45) is 5.30. The fourth-order valence-corrected chi connectivity index (χ4v) is 2.33. The summed E-state index contributed by atoms with van der Waals surface area (Å²) in [7, 11) is -3.39. The predicted molar refractivity (Wildman–Crippen MR) is 60.5 cm³/mol. The molecule has 16 heavy (non-hydrogen) atoms. The molecule has 0 aromatic carbocycles. The fourth-order valence-electron chi connectivity index (χ4n) is 1.34. The first-order chi connectivity index (χ1) is 7.68. The lowest BCUT2D eigenvalue weighted by molar-refractivity contribution is 0.575. The molecule has 0 amide bonds. The van der Waals surface area contributed by atoms with E-state index >= 15 is 0 Å². The van der Waals surface area contributed by atoms with Gasteiger partial charge in [-0.15, -0.1) is 0 Å². The Balaban J connectivity index is 1.82. The highest BCUT2D eigenvalue weighted by Crippen LogP contribution is 2.17. The van der Waals surface area contributed by atoms with E-state index in [4.69, 9.17) is 0 Å². The molecule has 88 valence electrons. The van der Waals surface area contributed by atoms with Crippen LogP contribution < -0.4 is 10.0 Å². The molecule has 2 rings (SSSR count). The Labute approximate surface area is 95.3 Å². The number of rotatable bonds is 6. The molecule has 0 bridgehead atoms. The number of sulfonamides is 1. The van der Waals surface area contributed by atoms with Gasteiger partial charge in [0.15, 0.2) is 0 Å². The van der Waals surface area contributed by atoms with Crippen molar-refractivity contribution < 1.29 is 8.42 Å². The molecule has 0 radical (unpaired) electrons. The number of hydrogen-bond acceptors (Lipinski definition) is 4. The van der Waals surface area contributed by atoms with Crippen LogP contribution in [0.3, 0.4) is 0 Å². The number of nitrogens with one attached hydrogen (secondary N) is 2. The molecule has 0 atom stereocenters. The van der Waals surface area contributed by atoms with Crippen molar-refractivity contribution in [1.82, 2.24) is 15.0 Å². The van der Waals surface area contributed by atoms with E-state index in [9.17, 15) is 8.42 Å². The maximum atomic E-state index is 11.7. The molecule has 5 nitrogen and oxygen atoms in total. The molecular formula is C10H15N3O2S. The van der Waals surface area contributed by atoms with Crippen LogP contribution in [-0.4, -0.2) is 32.5 Å². The van der Waals surface area contributed by atoms with Crippen molar-refractivity contribution in [3.8, 4) is 0 Å². The van der Waals surface area contributed by atoms with Crippen LogP contribution in [0.25, 0.3) is 0 Å². The van der Waals surface area contributed by atoms with Crippen LogP contribution in [0.4, 0.5) is 0 Å². The lowest BCUT2D eigenvalue weighted by Gasteiger charge is -2.06. The smallest absolute Gasteiger partial charge is 0.242 e. The second-order valence-electron chi connectivity index (χ2n) is 3.81. The van der Waals surface area contributed by atoms with E-state index < -0.39 is 10.0 Å². The zero-order valence-electron chi connectivity index (χ0n) is 8.89. The van der Waals surface area contributed by atoms with Gasteiger partial charge >= 0.3 is 0 Å². The summed E-state index contributed by atoms with van der Waals surface area (Å²) in [5.41, 5.74) is 0. The summed E-state index contributed by atoms with van der Waals surface area (Å²) < 4.78 is 26.0. The maximum absolute atomic E-state index is 11.7. The summed E-state index contributed by atoms with van der Waals surface area (Å²) >= 11 is 0. The first-order valence-electron chi connectivity index (χ1n) is 5.31. The first kappa shape index (κ1) is 11.5. The number of aromatic nitrogens is 1. The van der Waals surface area contributed by atoms with Gasteiger partial charge in [-0.3, -0.25) is 4.98 Å². The van der Waals surface area contributed by atoms with Crippen LogP contribution in [-0.2, 0) is 10.0 Å². The highest BCUT2D eigenvalue weighted by atomic mass is 32.2. The Morgan fingerprint density at radius 3 is 2.81 bits per heavy atom. The predicted octanol–water partition coefficient (Wildman–Crippen LogP) is 0.112. The average Bonchev–Trinajstić information content (AvgIpc) is 3.10. The van der Waals surface area contributed by atoms with E-state index in [0.29, 0.717) is 19.1 Å². The quantitative estimate of drug-likeness (QED) is 0.694. The molecule has 1 aliphatic carbocycles. The van der Waals surface area contributed by atoms with E-state index in [2.05, 4.69) is 15.0 Å². The lowest BCUT2D eigenvalue weighted by Crippen LogP contribution is -2.32. The second kappa shape index (κ2) is 4.90. The Morgan fingerprint density at radius 1 is 1.38 bits per heavy atom. The highest BCUT2D eigenvalue weighted by Gasteiger charge is 2.20. The van der Waals surface area contributed by atoms with Crippen LogP contribution in [0, 0.1) is 0 Å². The molecule has 6 heteroatoms. The lowest BCUT2D eigenvalue weighted by atomic mass is 10.5. The molecule has 0 saturated heterocycles. The van der Waals surface area contributed by atoms with Crippen molar-refractivity contribution in [2.45, 2.75) is 23.8 Å². The number of pyridine rings is 1. The second-order valence-corrected chi connectivity index (χ2v) is 5.58. The van der Waals surface area contributed by atoms with Gasteiger partial charge in [0.1, 0.15) is 4.90 Å². The minimum absolute atomic E-state index is 0.210. The van der Waals surface area contributed by atoms with E-state index in [-0.39, 0.29) is 4.90 Å². The Kier molecular flexibility index (Phi) is 3.52. The molecule has 1 aliphatic rings. The van der Waals surface area contributed by atoms with Crippen LogP contribution >= 0.6 is 0 Å². The van der Waals surface area contributed by atoms with Crippen LogP contribution in [0.1, 0.15) is 12.8 Å². The van der Waals surface area contributed by atoms with Gasteiger partial charge in [-0.2, -0.15) is 0 Å². The van der Waals surface area contributed by atoms with Crippen molar-refractivity contribution in [3.05, 3.63) is 24.5 Å². The van der Waals surface area contributed by atoms with E-state index in [1.54, 1.807) is 12.3 Å². The molecule has 1 aromatic rings. The van der Waals surface area contributed by atoms with E-state index in [1.807, 2.05) is 0 Å². The zero-order valence-corrected chi connectivity index (χ0v) is 9.70. The van der Waals surface area contributed by atoms with Gasteiger partial charge in [-0.25, -0.2) is 13.1 Å². The molecule has 0 spiro atoms. The van der Waals surface area contributed by atoms with Crippen molar-refractivity contribution in [1.29, 1.82) is 0 Å². The van der Waals surface area contributed by atoms with E-state index in [0.717, 1.165) is 0 Å². The molecule has 0 aliphatic heterocycles. The van der Waals surface area contributed by atoms with Crippen LogP contribution in [0.2, 0.25) is 0 Å². The van der Waals surface area contributed by atoms with Crippen molar-refractivity contribution in [2.24, 2.45) is 0 Å². The van der Waals surface area contributed by atoms with Gasteiger partial charge in [0.2, 0.25) is 10.0 Å². The Hall–Kier alpha value is -0.980. The van der Waals surface area contributed by atoms with Gasteiger partial charge in [-0.05, 0) is 25.0 Å². The third-order valence-corrected chi connectivity index (χ3v) is 3.82. The molecule has 1 fully saturated rings. The third-order valence-electron chi connectivity index (χ3n) is 2.37. The summed E-state index contributed by atoms with van der Waals surface area (Å²) in [6, 6.07) is 3.74. The normalized spacial score (nSPS) is 16.2. The van der Waals surface area contributed by atoms with Crippen LogP contribution in [0.5, 0.6) is 0 Å². The van der Waals surface area contributed by atoms with Gasteiger partial charge in [-0.1, -0.05) is 0 Å². The molecule has 0 unspecified atom stereocenters. The minimum atomic E-state index is -3.39. The highest BCUT2D eigenvalue weighted by molar-refractivity contribution is 7.89. The Bertz CT molecular complexity index is 429. The third kappa shape index (κ3) is 3.26. The summed E-state index contributed by atoms with van der Waals surface area (Å²) in [5.74, 6) is 0. The monoisotopic (exact) mass is 241 g/mol. The van der Waals surface area contributed by atoms with Crippen molar-refractivity contribution in [2.75, 3.05) is 13.1 Å².